The molecule has 0 aliphatic carbocycles. The molecule has 14 heteroatoms. The van der Waals surface area contributed by atoms with E-state index in [1.54, 1.807) is 12.1 Å². The van der Waals surface area contributed by atoms with Gasteiger partial charge in [0.15, 0.2) is 0 Å². The highest BCUT2D eigenvalue weighted by atomic mass is 31.2. The minimum absolute atomic E-state index is 0.0467. The summed E-state index contributed by atoms with van der Waals surface area (Å²) in [6, 6.07) is 8.94. The number of likely N-dealkylation sites (N-methyl/N-ethyl adjacent to an activating group) is 1. The van der Waals surface area contributed by atoms with Crippen molar-refractivity contribution in [3.63, 3.8) is 0 Å². The first-order valence-corrected chi connectivity index (χ1v) is 12.8. The Morgan fingerprint density at radius 2 is 1.92 bits per heavy atom. The van der Waals surface area contributed by atoms with Crippen LogP contribution in [0.3, 0.4) is 0 Å². The molecule has 0 spiro atoms. The van der Waals surface area contributed by atoms with Crippen LogP contribution in [-0.2, 0) is 16.0 Å². The molecule has 1 saturated heterocycles. The summed E-state index contributed by atoms with van der Waals surface area (Å²) in [5.41, 5.74) is 0.817. The highest BCUT2D eigenvalue weighted by Crippen LogP contribution is 2.31. The number of nitrogens with zero attached hydrogens (tertiary/aromatic N) is 1. The van der Waals surface area contributed by atoms with Gasteiger partial charge in [0.25, 0.3) is 0 Å². The Bertz CT molecular complexity index is 1170. The van der Waals surface area contributed by atoms with Crippen molar-refractivity contribution in [1.29, 1.82) is 0 Å². The summed E-state index contributed by atoms with van der Waals surface area (Å²) in [6.07, 6.45) is 1.61. The summed E-state index contributed by atoms with van der Waals surface area (Å²) < 4.78 is 10.3. The SMILES string of the molecule is CN1CCC[C@@H]1C(=O)N[C@H](C(=O)N[C@H]1Cc2cccc(C(=O)O)c2OB1O)c1ccc(OP(O)O)cc1. The Hall–Kier alpha value is -3.22. The molecular formula is C23H27BN3O9P. The van der Waals surface area contributed by atoms with Gasteiger partial charge < -0.3 is 39.7 Å². The van der Waals surface area contributed by atoms with Crippen LogP contribution in [0, 0.1) is 0 Å². The van der Waals surface area contributed by atoms with Crippen LogP contribution in [0.5, 0.6) is 11.5 Å². The second-order valence-electron chi connectivity index (χ2n) is 8.92. The van der Waals surface area contributed by atoms with Gasteiger partial charge in [0, 0.05) is 0 Å². The number of carbonyl (C=O) groups is 3. The van der Waals surface area contributed by atoms with Gasteiger partial charge in [-0.05, 0) is 62.2 Å². The van der Waals surface area contributed by atoms with Crippen molar-refractivity contribution in [1.82, 2.24) is 15.5 Å². The maximum Gasteiger partial charge on any atom is 0.547 e. The van der Waals surface area contributed by atoms with Gasteiger partial charge in [-0.25, -0.2) is 4.79 Å². The van der Waals surface area contributed by atoms with Gasteiger partial charge in [0.1, 0.15) is 17.5 Å². The number of hydrogen-bond donors (Lipinski definition) is 6. The molecule has 12 nitrogen and oxygen atoms in total. The number of hydrogen-bond acceptors (Lipinski definition) is 9. The molecule has 0 saturated carbocycles. The smallest absolute Gasteiger partial charge is 0.534 e. The van der Waals surface area contributed by atoms with Gasteiger partial charge in [0.2, 0.25) is 11.8 Å². The first-order chi connectivity index (χ1) is 17.6. The number of rotatable bonds is 8. The molecule has 2 aromatic rings. The maximum atomic E-state index is 13.4. The van der Waals surface area contributed by atoms with Gasteiger partial charge in [0.05, 0.1) is 17.5 Å². The standard InChI is InChI=1S/C23H27BN3O9P/c1-27-11-3-6-17(27)21(28)26-19(13-7-9-15(10-8-13)36-37(33)34)22(29)25-18-12-14-4-2-5-16(23(30)31)20(14)35-24(18)32/h2,4-5,7-10,17-19,32-34H,3,6,11-12H2,1H3,(H,25,29)(H,26,28)(H,30,31)/t17-,18+,19+/m1/s1. The number of amides is 2. The molecule has 0 bridgehead atoms. The van der Waals surface area contributed by atoms with E-state index >= 15 is 0 Å². The third-order valence-electron chi connectivity index (χ3n) is 6.45. The summed E-state index contributed by atoms with van der Waals surface area (Å²) in [7, 11) is -2.30. The molecular weight excluding hydrogens is 504 g/mol. The molecule has 0 radical (unpaired) electrons. The molecule has 0 unspecified atom stereocenters. The van der Waals surface area contributed by atoms with Crippen LogP contribution in [-0.4, -0.2) is 75.3 Å². The van der Waals surface area contributed by atoms with E-state index in [4.69, 9.17) is 19.0 Å². The zero-order valence-electron chi connectivity index (χ0n) is 19.9. The second kappa shape index (κ2) is 11.4. The molecule has 2 amide bonds. The molecule has 3 atom stereocenters. The lowest BCUT2D eigenvalue weighted by molar-refractivity contribution is -0.131. The van der Waals surface area contributed by atoms with Crippen LogP contribution in [0.1, 0.15) is 40.4 Å². The Balaban J connectivity index is 1.55. The Morgan fingerprint density at radius 3 is 2.54 bits per heavy atom. The fourth-order valence-corrected chi connectivity index (χ4v) is 4.89. The average Bonchev–Trinajstić information content (AvgIpc) is 3.28. The zero-order chi connectivity index (χ0) is 26.7. The first kappa shape index (κ1) is 26.8. The molecule has 2 aromatic carbocycles. The van der Waals surface area contributed by atoms with Crippen molar-refractivity contribution in [3.8, 4) is 11.5 Å². The second-order valence-corrected chi connectivity index (χ2v) is 9.61. The van der Waals surface area contributed by atoms with Gasteiger partial charge >= 0.3 is 21.7 Å². The molecule has 0 aromatic heterocycles. The molecule has 6 N–H and O–H groups in total. The van der Waals surface area contributed by atoms with Gasteiger partial charge in [-0.15, -0.1) is 0 Å². The predicted octanol–water partition coefficient (Wildman–Crippen LogP) is 0.366. The van der Waals surface area contributed by atoms with Crippen LogP contribution in [0.4, 0.5) is 0 Å². The Morgan fingerprint density at radius 1 is 1.19 bits per heavy atom. The summed E-state index contributed by atoms with van der Waals surface area (Å²) in [5.74, 6) is -2.83. The summed E-state index contributed by atoms with van der Waals surface area (Å²) in [6.45, 7) is 0.760. The fraction of sp³-hybridized carbons (Fsp3) is 0.348. The monoisotopic (exact) mass is 531 g/mol. The van der Waals surface area contributed by atoms with E-state index in [0.717, 1.165) is 13.0 Å². The molecule has 4 rings (SSSR count). The summed E-state index contributed by atoms with van der Waals surface area (Å²) in [4.78, 5) is 58.0. The van der Waals surface area contributed by atoms with E-state index in [-0.39, 0.29) is 29.4 Å². The third-order valence-corrected chi connectivity index (χ3v) is 6.82. The number of nitrogens with one attached hydrogen (secondary N) is 2. The molecule has 1 fully saturated rings. The normalized spacial score (nSPS) is 20.1. The lowest BCUT2D eigenvalue weighted by Gasteiger charge is -2.30. The lowest BCUT2D eigenvalue weighted by Crippen LogP contribution is -2.56. The number of benzene rings is 2. The van der Waals surface area contributed by atoms with E-state index < -0.39 is 45.6 Å². The molecule has 2 aliphatic heterocycles. The maximum absolute atomic E-state index is 13.4. The summed E-state index contributed by atoms with van der Waals surface area (Å²) in [5, 5.41) is 25.4. The predicted molar refractivity (Wildman–Crippen MR) is 133 cm³/mol. The van der Waals surface area contributed by atoms with E-state index in [1.807, 2.05) is 11.9 Å². The quantitative estimate of drug-likeness (QED) is 0.206. The van der Waals surface area contributed by atoms with E-state index in [0.29, 0.717) is 17.5 Å². The lowest BCUT2D eigenvalue weighted by atomic mass is 9.72. The Labute approximate surface area is 214 Å². The van der Waals surface area contributed by atoms with Gasteiger partial charge in [-0.3, -0.25) is 14.5 Å². The van der Waals surface area contributed by atoms with Crippen molar-refractivity contribution in [2.45, 2.75) is 37.3 Å². The number of aromatic carboxylic acids is 1. The van der Waals surface area contributed by atoms with E-state index in [2.05, 4.69) is 10.6 Å². The van der Waals surface area contributed by atoms with E-state index in [1.165, 1.54) is 30.3 Å². The van der Waals surface area contributed by atoms with Crippen LogP contribution >= 0.6 is 8.60 Å². The largest absolute Gasteiger partial charge is 0.547 e. The van der Waals surface area contributed by atoms with Crippen molar-refractivity contribution in [2.24, 2.45) is 0 Å². The van der Waals surface area contributed by atoms with Crippen LogP contribution in [0.2, 0.25) is 0 Å². The van der Waals surface area contributed by atoms with E-state index in [9.17, 15) is 24.5 Å². The number of carbonyl (C=O) groups excluding carboxylic acids is 2. The molecule has 2 aliphatic rings. The third kappa shape index (κ3) is 6.20. The minimum atomic E-state index is -2.62. The van der Waals surface area contributed by atoms with Gasteiger partial charge in [-0.1, -0.05) is 24.3 Å². The van der Waals surface area contributed by atoms with Crippen LogP contribution in [0.15, 0.2) is 42.5 Å². The highest BCUT2D eigenvalue weighted by molar-refractivity contribution is 7.39. The number of fused-ring (bicyclic) bond motifs is 1. The number of carboxylic acids is 1. The number of para-hydroxylation sites is 1. The topological polar surface area (TPSA) is 178 Å². The molecule has 196 valence electrons. The highest BCUT2D eigenvalue weighted by Gasteiger charge is 2.40. The zero-order valence-corrected chi connectivity index (χ0v) is 20.8. The molecule has 37 heavy (non-hydrogen) atoms. The number of carboxylic acid groups (broad SMARTS) is 1. The van der Waals surface area contributed by atoms with Gasteiger partial charge in [-0.2, -0.15) is 0 Å². The van der Waals surface area contributed by atoms with Crippen LogP contribution in [0.25, 0.3) is 0 Å². The number of likely N-dealkylation sites (tertiary alicyclic amines) is 1. The minimum Gasteiger partial charge on any atom is -0.534 e. The summed E-state index contributed by atoms with van der Waals surface area (Å²) >= 11 is 0. The first-order valence-electron chi connectivity index (χ1n) is 11.6. The van der Waals surface area contributed by atoms with Crippen molar-refractivity contribution in [2.75, 3.05) is 13.6 Å². The fourth-order valence-electron chi connectivity index (χ4n) is 4.58. The molecule has 2 heterocycles. The average molecular weight is 531 g/mol. The van der Waals surface area contributed by atoms with Crippen molar-refractivity contribution < 1.29 is 43.5 Å². The van der Waals surface area contributed by atoms with Crippen molar-refractivity contribution in [3.05, 3.63) is 59.2 Å². The van der Waals surface area contributed by atoms with Crippen LogP contribution < -0.4 is 19.8 Å². The van der Waals surface area contributed by atoms with Crippen molar-refractivity contribution >= 4 is 33.5 Å². The Kier molecular flexibility index (Phi) is 8.30.